The molecular formula is C22H30O6P2S3. The van der Waals surface area contributed by atoms with Crippen molar-refractivity contribution >= 4 is 59.8 Å². The summed E-state index contributed by atoms with van der Waals surface area (Å²) in [5.41, 5.74) is 0. The lowest BCUT2D eigenvalue weighted by molar-refractivity contribution is 0.226. The third kappa shape index (κ3) is 5.64. The minimum atomic E-state index is -3.85. The zero-order valence-corrected chi connectivity index (χ0v) is 23.9. The maximum absolute atomic E-state index is 14.3. The van der Waals surface area contributed by atoms with Gasteiger partial charge in [-0.2, -0.15) is 0 Å². The van der Waals surface area contributed by atoms with Crippen molar-refractivity contribution in [2.45, 2.75) is 41.5 Å². The predicted molar refractivity (Wildman–Crippen MR) is 141 cm³/mol. The Morgan fingerprint density at radius 1 is 0.606 bits per heavy atom. The van der Waals surface area contributed by atoms with Crippen molar-refractivity contribution in [3.63, 3.8) is 0 Å². The van der Waals surface area contributed by atoms with Crippen LogP contribution in [-0.2, 0) is 27.2 Å². The van der Waals surface area contributed by atoms with Crippen LogP contribution in [0.3, 0.4) is 0 Å². The topological polar surface area (TPSA) is 71.1 Å². The largest absolute Gasteiger partial charge is 0.363 e. The summed E-state index contributed by atoms with van der Waals surface area (Å²) in [6.45, 7) is 11.8. The molecule has 0 saturated carbocycles. The highest BCUT2D eigenvalue weighted by Crippen LogP contribution is 2.59. The van der Waals surface area contributed by atoms with Crippen molar-refractivity contribution in [1.29, 1.82) is 0 Å². The zero-order valence-electron chi connectivity index (χ0n) is 19.7. The Kier molecular flexibility index (Phi) is 9.35. The summed E-state index contributed by atoms with van der Waals surface area (Å²) in [6.07, 6.45) is 0. The molecule has 6 nitrogen and oxygen atoms in total. The van der Waals surface area contributed by atoms with Crippen LogP contribution in [0, 0.1) is 13.8 Å². The summed E-state index contributed by atoms with van der Waals surface area (Å²) >= 11 is 4.59. The molecule has 0 bridgehead atoms. The average molecular weight is 549 g/mol. The molecule has 11 heteroatoms. The first-order valence-corrected chi connectivity index (χ1v) is 16.4. The van der Waals surface area contributed by atoms with E-state index in [1.165, 1.54) is 11.3 Å². The van der Waals surface area contributed by atoms with E-state index in [1.54, 1.807) is 50.4 Å². The van der Waals surface area contributed by atoms with Gasteiger partial charge in [-0.25, -0.2) is 0 Å². The summed E-state index contributed by atoms with van der Waals surface area (Å²) in [6, 6.07) is 7.98. The van der Waals surface area contributed by atoms with Crippen molar-refractivity contribution in [2.24, 2.45) is 0 Å². The van der Waals surface area contributed by atoms with Gasteiger partial charge in [-0.05, 0) is 65.8 Å². The first kappa shape index (κ1) is 27.0. The Balaban J connectivity index is 2.48. The molecule has 3 rings (SSSR count). The van der Waals surface area contributed by atoms with E-state index in [-0.39, 0.29) is 26.4 Å². The van der Waals surface area contributed by atoms with Crippen LogP contribution in [0.1, 0.15) is 37.4 Å². The smallest absolute Gasteiger partial charge is 0.305 e. The van der Waals surface area contributed by atoms with Gasteiger partial charge in [-0.3, -0.25) is 9.13 Å². The average Bonchev–Trinajstić information content (AvgIpc) is 3.46. The molecule has 0 aliphatic carbocycles. The molecule has 0 aromatic carbocycles. The van der Waals surface area contributed by atoms with Gasteiger partial charge in [0, 0.05) is 19.5 Å². The second-order valence-corrected chi connectivity index (χ2v) is 14.5. The third-order valence-electron chi connectivity index (χ3n) is 4.53. The first-order chi connectivity index (χ1) is 15.7. The van der Waals surface area contributed by atoms with Crippen LogP contribution in [0.4, 0.5) is 0 Å². The van der Waals surface area contributed by atoms with Crippen LogP contribution in [-0.4, -0.2) is 26.4 Å². The second-order valence-electron chi connectivity index (χ2n) is 6.94. The van der Waals surface area contributed by atoms with Gasteiger partial charge in [0.25, 0.3) is 0 Å². The van der Waals surface area contributed by atoms with Crippen molar-refractivity contribution < 1.29 is 27.2 Å². The van der Waals surface area contributed by atoms with Gasteiger partial charge in [0.1, 0.15) is 0 Å². The Labute approximate surface area is 207 Å². The molecule has 0 aliphatic heterocycles. The lowest BCUT2D eigenvalue weighted by Gasteiger charge is -2.23. The number of hydrogen-bond acceptors (Lipinski definition) is 9. The lowest BCUT2D eigenvalue weighted by Crippen LogP contribution is -2.28. The molecule has 182 valence electrons. The van der Waals surface area contributed by atoms with Crippen molar-refractivity contribution in [3.05, 3.63) is 34.0 Å². The van der Waals surface area contributed by atoms with Gasteiger partial charge in [-0.15, -0.1) is 34.0 Å². The summed E-state index contributed by atoms with van der Waals surface area (Å²) in [5, 5.41) is 0.591. The van der Waals surface area contributed by atoms with Gasteiger partial charge in [-0.1, -0.05) is 0 Å². The van der Waals surface area contributed by atoms with Crippen LogP contribution in [0.25, 0.3) is 19.5 Å². The normalized spacial score (nSPS) is 12.5. The fraction of sp³-hybridized carbons (Fsp3) is 0.455. The summed E-state index contributed by atoms with van der Waals surface area (Å²) < 4.78 is 51.7. The SMILES string of the molecule is CCOP(=O)(OCC)c1c(-c2ccc(C)s2)sc(-c2ccc(C)s2)c1P(=O)(OCC)OCC. The van der Waals surface area contributed by atoms with Crippen molar-refractivity contribution in [1.82, 2.24) is 0 Å². The van der Waals surface area contributed by atoms with Gasteiger partial charge in [0.05, 0.1) is 46.8 Å². The van der Waals surface area contributed by atoms with E-state index in [2.05, 4.69) is 0 Å². The molecule has 3 aromatic heterocycles. The molecule has 0 amide bonds. The monoisotopic (exact) mass is 548 g/mol. The quantitative estimate of drug-likeness (QED) is 0.217. The number of rotatable bonds is 12. The molecule has 0 saturated heterocycles. The van der Waals surface area contributed by atoms with E-state index in [0.717, 1.165) is 19.5 Å². The highest BCUT2D eigenvalue weighted by atomic mass is 32.1. The standard InChI is InChI=1S/C22H30O6P2S3/c1-7-25-29(23,26-8-2)19-20(30(24,27-9-3)28-10-4)22(18-14-12-16(6)32-18)33-21(19)17-13-11-15(5)31-17/h11-14H,7-10H2,1-6H3. The molecule has 0 atom stereocenters. The first-order valence-electron chi connectivity index (χ1n) is 10.8. The van der Waals surface area contributed by atoms with E-state index in [1.807, 2.05) is 38.1 Å². The summed E-state index contributed by atoms with van der Waals surface area (Å²) in [5.74, 6) is 0. The summed E-state index contributed by atoms with van der Waals surface area (Å²) in [7, 11) is -7.70. The van der Waals surface area contributed by atoms with Gasteiger partial charge in [0.15, 0.2) is 0 Å². The fourth-order valence-electron chi connectivity index (χ4n) is 3.38. The van der Waals surface area contributed by atoms with Crippen LogP contribution >= 0.6 is 49.2 Å². The molecular weight excluding hydrogens is 518 g/mol. The molecule has 3 heterocycles. The molecule has 0 aliphatic rings. The van der Waals surface area contributed by atoms with Crippen LogP contribution < -0.4 is 10.6 Å². The van der Waals surface area contributed by atoms with E-state index in [4.69, 9.17) is 18.1 Å². The van der Waals surface area contributed by atoms with E-state index < -0.39 is 15.2 Å². The van der Waals surface area contributed by atoms with Crippen LogP contribution in [0.2, 0.25) is 0 Å². The Morgan fingerprint density at radius 2 is 0.939 bits per heavy atom. The minimum absolute atomic E-state index is 0.177. The lowest BCUT2D eigenvalue weighted by atomic mass is 10.3. The van der Waals surface area contributed by atoms with E-state index in [0.29, 0.717) is 20.4 Å². The number of hydrogen-bond donors (Lipinski definition) is 0. The molecule has 0 radical (unpaired) electrons. The summed E-state index contributed by atoms with van der Waals surface area (Å²) in [4.78, 5) is 5.47. The number of thiophene rings is 3. The maximum atomic E-state index is 14.3. The van der Waals surface area contributed by atoms with E-state index in [9.17, 15) is 9.13 Å². The molecule has 3 aromatic rings. The Hall–Kier alpha value is -0.600. The van der Waals surface area contributed by atoms with Gasteiger partial charge >= 0.3 is 15.2 Å². The molecule has 0 N–H and O–H groups in total. The minimum Gasteiger partial charge on any atom is -0.305 e. The second kappa shape index (κ2) is 11.4. The Bertz CT molecular complexity index is 1070. The highest BCUT2D eigenvalue weighted by molar-refractivity contribution is 7.71. The fourth-order valence-corrected chi connectivity index (χ4v) is 11.9. The number of aryl methyl sites for hydroxylation is 2. The maximum Gasteiger partial charge on any atom is 0.363 e. The molecule has 0 spiro atoms. The van der Waals surface area contributed by atoms with Crippen LogP contribution in [0.5, 0.6) is 0 Å². The molecule has 0 fully saturated rings. The van der Waals surface area contributed by atoms with Gasteiger partial charge < -0.3 is 18.1 Å². The Morgan fingerprint density at radius 3 is 1.18 bits per heavy atom. The van der Waals surface area contributed by atoms with Crippen LogP contribution in [0.15, 0.2) is 24.3 Å². The molecule has 0 unspecified atom stereocenters. The van der Waals surface area contributed by atoms with Crippen molar-refractivity contribution in [3.8, 4) is 19.5 Å². The predicted octanol–water partition coefficient (Wildman–Crippen LogP) is 7.60. The zero-order chi connectivity index (χ0) is 24.2. The molecule has 33 heavy (non-hydrogen) atoms. The van der Waals surface area contributed by atoms with Crippen molar-refractivity contribution in [2.75, 3.05) is 26.4 Å². The van der Waals surface area contributed by atoms with Gasteiger partial charge in [0.2, 0.25) is 0 Å². The highest BCUT2D eigenvalue weighted by Gasteiger charge is 2.45. The van der Waals surface area contributed by atoms with E-state index >= 15 is 0 Å². The third-order valence-corrected chi connectivity index (χ3v) is 12.9.